The van der Waals surface area contributed by atoms with E-state index in [1.165, 1.54) is 0 Å². The van der Waals surface area contributed by atoms with E-state index in [-0.39, 0.29) is 32.7 Å². The van der Waals surface area contributed by atoms with Gasteiger partial charge >= 0.3 is 0 Å². The zero-order chi connectivity index (χ0) is 6.83. The van der Waals surface area contributed by atoms with Gasteiger partial charge in [0, 0.05) is 32.7 Å². The fourth-order valence-electron chi connectivity index (χ4n) is 0.167. The maximum atomic E-state index is 2.83. The number of hydrogen-bond acceptors (Lipinski definition) is 0. The average Bonchev–Trinajstić information content (AvgIpc) is 1.88. The van der Waals surface area contributed by atoms with E-state index in [2.05, 4.69) is 12.2 Å². The van der Waals surface area contributed by atoms with Gasteiger partial charge in [-0.15, -0.1) is 13.8 Å². The van der Waals surface area contributed by atoms with Crippen molar-refractivity contribution in [3.05, 3.63) is 24.3 Å². The third-order valence-electron chi connectivity index (χ3n) is 0.417. The molecule has 0 rings (SSSR count). The third kappa shape index (κ3) is 29.0. The smallest absolute Gasteiger partial charge is 0 e. The predicted octanol–water partition coefficient (Wildman–Crippen LogP) is 2.77. The van der Waals surface area contributed by atoms with Gasteiger partial charge in [0.1, 0.15) is 0 Å². The van der Waals surface area contributed by atoms with Crippen molar-refractivity contribution < 1.29 is 32.7 Å². The van der Waals surface area contributed by atoms with E-state index in [0.29, 0.717) is 0 Å². The molecule has 0 bridgehead atoms. The summed E-state index contributed by atoms with van der Waals surface area (Å²) >= 11 is 0. The molecule has 9 heavy (non-hydrogen) atoms. The third-order valence-corrected chi connectivity index (χ3v) is 0.417. The summed E-state index contributed by atoms with van der Waals surface area (Å²) in [5, 5.41) is 0. The van der Waals surface area contributed by atoms with Crippen LogP contribution in [0.5, 0.6) is 0 Å². The molecule has 0 unspecified atom stereocenters. The van der Waals surface area contributed by atoms with E-state index in [0.717, 1.165) is 0 Å². The predicted molar refractivity (Wildman–Crippen MR) is 38.3 cm³/mol. The van der Waals surface area contributed by atoms with Crippen molar-refractivity contribution in [1.82, 2.24) is 0 Å². The molecule has 51 valence electrons. The van der Waals surface area contributed by atoms with Gasteiger partial charge in [0.2, 0.25) is 0 Å². The van der Waals surface area contributed by atoms with Gasteiger partial charge in [-0.3, -0.25) is 0 Å². The molecule has 0 aromatic heterocycles. The Hall–Kier alpha value is 0.584. The Morgan fingerprint density at radius 1 is 0.889 bits per heavy atom. The zero-order valence-corrected chi connectivity index (χ0v) is 9.57. The number of rotatable bonds is 1. The minimum Gasteiger partial charge on any atom is -0.391 e. The maximum Gasteiger partial charge on any atom is 0 e. The summed E-state index contributed by atoms with van der Waals surface area (Å²) in [6.07, 6.45) is 9.29. The van der Waals surface area contributed by atoms with Crippen molar-refractivity contribution in [1.29, 1.82) is 0 Å². The van der Waals surface area contributed by atoms with Gasteiger partial charge in [0.25, 0.3) is 0 Å². The Kier molecular flexibility index (Phi) is 42.5. The quantitative estimate of drug-likeness (QED) is 0.450. The van der Waals surface area contributed by atoms with Crippen molar-refractivity contribution in [3.63, 3.8) is 0 Å². The topological polar surface area (TPSA) is 0 Å². The van der Waals surface area contributed by atoms with E-state index in [1.807, 2.05) is 39.8 Å². The molecule has 0 saturated carbocycles. The summed E-state index contributed by atoms with van der Waals surface area (Å²) in [5.41, 5.74) is 0. The maximum absolute atomic E-state index is 2.83. The first-order valence-corrected chi connectivity index (χ1v) is 2.91. The molecule has 0 saturated heterocycles. The molecule has 0 atom stereocenters. The molecular weight excluding hydrogens is 185 g/mol. The Balaban J connectivity index is -0.000000109. The molecular formula is C8H14Y-2. The molecule has 1 radical (unpaired) electrons. The molecule has 0 fully saturated rings. The summed E-state index contributed by atoms with van der Waals surface area (Å²) in [4.78, 5) is 0. The van der Waals surface area contributed by atoms with Crippen molar-refractivity contribution in [2.45, 2.75) is 27.7 Å². The average molecular weight is 199 g/mol. The van der Waals surface area contributed by atoms with Crippen LogP contribution in [0.1, 0.15) is 27.7 Å². The Morgan fingerprint density at radius 2 is 1.11 bits per heavy atom. The minimum atomic E-state index is 0. The van der Waals surface area contributed by atoms with Crippen LogP contribution in [0.25, 0.3) is 0 Å². The van der Waals surface area contributed by atoms with Gasteiger partial charge in [-0.05, 0) is 0 Å². The van der Waals surface area contributed by atoms with Crippen LogP contribution in [0.4, 0.5) is 0 Å². The summed E-state index contributed by atoms with van der Waals surface area (Å²) in [6, 6.07) is 0. The minimum absolute atomic E-state index is 0. The molecule has 0 heterocycles. The first kappa shape index (κ1) is 16.3. The normalized spacial score (nSPS) is 8.44. The summed E-state index contributed by atoms with van der Waals surface area (Å²) in [5.74, 6) is 0. The molecule has 0 aromatic rings. The molecule has 0 amide bonds. The van der Waals surface area contributed by atoms with E-state index in [9.17, 15) is 0 Å². The standard InChI is InChI=1S/C6H8.C2H6.Y/c1-3-5-6-4-2;1-2;/h5-6H,1-2H3;1-2H3;/q-2;;. The molecule has 1 heteroatoms. The molecule has 0 spiro atoms. The van der Waals surface area contributed by atoms with Gasteiger partial charge in [-0.1, -0.05) is 13.8 Å². The molecule has 0 aromatic carbocycles. The van der Waals surface area contributed by atoms with Gasteiger partial charge in [-0.2, -0.15) is 0 Å². The fraction of sp³-hybridized carbons (Fsp3) is 0.500. The number of hydrogen-bond donors (Lipinski definition) is 0. The van der Waals surface area contributed by atoms with Crippen LogP contribution >= 0.6 is 0 Å². The first-order chi connectivity index (χ1) is 3.91. The van der Waals surface area contributed by atoms with Crippen molar-refractivity contribution in [3.8, 4) is 0 Å². The first-order valence-electron chi connectivity index (χ1n) is 2.91. The van der Waals surface area contributed by atoms with E-state index < -0.39 is 0 Å². The van der Waals surface area contributed by atoms with Crippen LogP contribution < -0.4 is 0 Å². The van der Waals surface area contributed by atoms with Crippen LogP contribution in [0.3, 0.4) is 0 Å². The van der Waals surface area contributed by atoms with Crippen molar-refractivity contribution in [2.24, 2.45) is 0 Å². The van der Waals surface area contributed by atoms with Gasteiger partial charge in [0.15, 0.2) is 0 Å². The van der Waals surface area contributed by atoms with Crippen LogP contribution in [0.2, 0.25) is 0 Å². The fourth-order valence-corrected chi connectivity index (χ4v) is 0.167. The van der Waals surface area contributed by atoms with E-state index >= 15 is 0 Å². The monoisotopic (exact) mass is 199 g/mol. The van der Waals surface area contributed by atoms with Crippen LogP contribution in [0.15, 0.2) is 12.2 Å². The Morgan fingerprint density at radius 3 is 1.22 bits per heavy atom. The number of allylic oxidation sites excluding steroid dienone is 4. The van der Waals surface area contributed by atoms with Crippen LogP contribution in [-0.4, -0.2) is 0 Å². The largest absolute Gasteiger partial charge is 0.391 e. The molecule has 0 nitrogen and oxygen atoms in total. The van der Waals surface area contributed by atoms with E-state index in [4.69, 9.17) is 0 Å². The zero-order valence-electron chi connectivity index (χ0n) is 6.73. The Bertz CT molecular complexity index is 53.0. The summed E-state index contributed by atoms with van der Waals surface area (Å²) in [7, 11) is 0. The SMILES string of the molecule is CC.C[C-]=CC=[C-]C.[Y]. The second-order valence-electron chi connectivity index (χ2n) is 0.911. The van der Waals surface area contributed by atoms with Gasteiger partial charge in [0.05, 0.1) is 0 Å². The van der Waals surface area contributed by atoms with E-state index in [1.54, 1.807) is 0 Å². The summed E-state index contributed by atoms with van der Waals surface area (Å²) in [6.45, 7) is 7.71. The van der Waals surface area contributed by atoms with Crippen molar-refractivity contribution in [2.75, 3.05) is 0 Å². The summed E-state index contributed by atoms with van der Waals surface area (Å²) < 4.78 is 0. The molecule has 0 aliphatic rings. The Labute approximate surface area is 84.3 Å². The second-order valence-corrected chi connectivity index (χ2v) is 0.911. The molecule has 0 aliphatic carbocycles. The van der Waals surface area contributed by atoms with Gasteiger partial charge < -0.3 is 24.3 Å². The van der Waals surface area contributed by atoms with Crippen LogP contribution in [-0.2, 0) is 32.7 Å². The van der Waals surface area contributed by atoms with Crippen molar-refractivity contribution >= 4 is 0 Å². The van der Waals surface area contributed by atoms with Crippen LogP contribution in [0, 0.1) is 12.2 Å². The second kappa shape index (κ2) is 23.5. The van der Waals surface area contributed by atoms with Gasteiger partial charge in [-0.25, -0.2) is 0 Å². The molecule has 0 N–H and O–H groups in total. The molecule has 0 aliphatic heterocycles.